The first-order valence-corrected chi connectivity index (χ1v) is 7.83. The van der Waals surface area contributed by atoms with Gasteiger partial charge in [0.1, 0.15) is 6.61 Å². The predicted molar refractivity (Wildman–Crippen MR) is 78.1 cm³/mol. The van der Waals surface area contributed by atoms with Crippen LogP contribution >= 0.6 is 0 Å². The molecule has 0 aromatic rings. The van der Waals surface area contributed by atoms with Crippen LogP contribution in [0.25, 0.3) is 0 Å². The van der Waals surface area contributed by atoms with Crippen LogP contribution in [0.3, 0.4) is 0 Å². The van der Waals surface area contributed by atoms with Gasteiger partial charge >= 0.3 is 12.0 Å². The molecule has 2 rings (SSSR count). The molecule has 1 N–H and O–H groups in total. The van der Waals surface area contributed by atoms with E-state index in [0.29, 0.717) is 24.9 Å². The van der Waals surface area contributed by atoms with Crippen LogP contribution in [0.4, 0.5) is 4.79 Å². The fourth-order valence-corrected chi connectivity index (χ4v) is 3.42. The van der Waals surface area contributed by atoms with Crippen LogP contribution in [0.5, 0.6) is 0 Å². The summed E-state index contributed by atoms with van der Waals surface area (Å²) in [7, 11) is 0. The van der Waals surface area contributed by atoms with Gasteiger partial charge in [0, 0.05) is 26.2 Å². The van der Waals surface area contributed by atoms with E-state index in [-0.39, 0.29) is 18.7 Å². The molecule has 0 aliphatic carbocycles. The van der Waals surface area contributed by atoms with Gasteiger partial charge in [-0.15, -0.1) is 0 Å². The number of carboxylic acids is 1. The highest BCUT2D eigenvalue weighted by atomic mass is 16.5. The zero-order chi connectivity index (χ0) is 15.4. The molecular weight excluding hydrogens is 272 g/mol. The number of hydrogen-bond acceptors (Lipinski definition) is 3. The van der Waals surface area contributed by atoms with Crippen molar-refractivity contribution in [1.29, 1.82) is 0 Å². The number of nitrogens with zero attached hydrogens (tertiary/aromatic N) is 2. The summed E-state index contributed by atoms with van der Waals surface area (Å²) in [6.45, 7) is 7.14. The summed E-state index contributed by atoms with van der Waals surface area (Å²) in [5.41, 5.74) is 0. The quantitative estimate of drug-likeness (QED) is 0.860. The van der Waals surface area contributed by atoms with Crippen molar-refractivity contribution in [3.05, 3.63) is 0 Å². The van der Waals surface area contributed by atoms with Crippen molar-refractivity contribution in [2.24, 2.45) is 11.8 Å². The van der Waals surface area contributed by atoms with E-state index in [1.807, 2.05) is 9.80 Å². The van der Waals surface area contributed by atoms with E-state index < -0.39 is 5.97 Å². The standard InChI is InChI=1S/C15H26N2O4/c1-11-7-12(2)9-17(8-11)15(20)16-5-3-13(4-6-16)21-10-14(18)19/h11-13H,3-10H2,1-2H3,(H,18,19). The lowest BCUT2D eigenvalue weighted by Gasteiger charge is -2.40. The molecule has 2 saturated heterocycles. The molecule has 2 aliphatic heterocycles. The van der Waals surface area contributed by atoms with Crippen molar-refractivity contribution in [1.82, 2.24) is 9.80 Å². The van der Waals surface area contributed by atoms with E-state index in [1.165, 1.54) is 6.42 Å². The molecule has 2 heterocycles. The Bertz CT molecular complexity index is 370. The number of piperidine rings is 2. The fraction of sp³-hybridized carbons (Fsp3) is 0.867. The third kappa shape index (κ3) is 4.59. The van der Waals surface area contributed by atoms with E-state index in [1.54, 1.807) is 0 Å². The summed E-state index contributed by atoms with van der Waals surface area (Å²) in [6, 6.07) is 0.130. The monoisotopic (exact) mass is 298 g/mol. The molecule has 0 aromatic carbocycles. The Morgan fingerprint density at radius 1 is 1.10 bits per heavy atom. The van der Waals surface area contributed by atoms with Crippen LogP contribution in [0, 0.1) is 11.8 Å². The molecule has 0 bridgehead atoms. The molecule has 0 aromatic heterocycles. The lowest BCUT2D eigenvalue weighted by molar-refractivity contribution is -0.145. The number of rotatable bonds is 3. The molecular formula is C15H26N2O4. The average Bonchev–Trinajstić information content (AvgIpc) is 2.44. The van der Waals surface area contributed by atoms with Crippen molar-refractivity contribution in [3.63, 3.8) is 0 Å². The number of urea groups is 1. The second-order valence-corrected chi connectivity index (χ2v) is 6.52. The zero-order valence-electron chi connectivity index (χ0n) is 13.0. The van der Waals surface area contributed by atoms with Crippen LogP contribution in [0.1, 0.15) is 33.1 Å². The van der Waals surface area contributed by atoms with E-state index >= 15 is 0 Å². The molecule has 21 heavy (non-hydrogen) atoms. The van der Waals surface area contributed by atoms with Gasteiger partial charge in [0.05, 0.1) is 6.10 Å². The molecule has 2 atom stereocenters. The van der Waals surface area contributed by atoms with E-state index in [0.717, 1.165) is 25.9 Å². The van der Waals surface area contributed by atoms with Gasteiger partial charge in [-0.05, 0) is 31.1 Å². The Labute approximate surface area is 126 Å². The summed E-state index contributed by atoms with van der Waals surface area (Å²) in [5, 5.41) is 8.61. The molecule has 6 heteroatoms. The maximum absolute atomic E-state index is 12.5. The fourth-order valence-electron chi connectivity index (χ4n) is 3.42. The van der Waals surface area contributed by atoms with E-state index in [4.69, 9.17) is 9.84 Å². The van der Waals surface area contributed by atoms with Gasteiger partial charge in [0.25, 0.3) is 0 Å². The third-order valence-electron chi connectivity index (χ3n) is 4.29. The normalized spacial score (nSPS) is 27.7. The molecule has 2 aliphatic rings. The van der Waals surface area contributed by atoms with Crippen molar-refractivity contribution in [2.75, 3.05) is 32.8 Å². The van der Waals surface area contributed by atoms with Gasteiger partial charge in [-0.25, -0.2) is 9.59 Å². The number of carbonyl (C=O) groups excluding carboxylic acids is 1. The van der Waals surface area contributed by atoms with Crippen LogP contribution in [-0.4, -0.2) is 65.8 Å². The highest BCUT2D eigenvalue weighted by Crippen LogP contribution is 2.23. The van der Waals surface area contributed by atoms with Crippen LogP contribution in [-0.2, 0) is 9.53 Å². The number of ether oxygens (including phenoxy) is 1. The lowest BCUT2D eigenvalue weighted by atomic mass is 9.92. The number of aliphatic carboxylic acids is 1. The molecule has 0 saturated carbocycles. The van der Waals surface area contributed by atoms with Gasteiger partial charge < -0.3 is 19.6 Å². The Morgan fingerprint density at radius 2 is 1.67 bits per heavy atom. The van der Waals surface area contributed by atoms with Crippen LogP contribution in [0.2, 0.25) is 0 Å². The molecule has 2 fully saturated rings. The minimum Gasteiger partial charge on any atom is -0.480 e. The summed E-state index contributed by atoms with van der Waals surface area (Å²) < 4.78 is 5.30. The van der Waals surface area contributed by atoms with Gasteiger partial charge in [-0.3, -0.25) is 0 Å². The molecule has 120 valence electrons. The Morgan fingerprint density at radius 3 is 2.19 bits per heavy atom. The van der Waals surface area contributed by atoms with Crippen molar-refractivity contribution in [2.45, 2.75) is 39.2 Å². The van der Waals surface area contributed by atoms with Crippen LogP contribution in [0.15, 0.2) is 0 Å². The van der Waals surface area contributed by atoms with Gasteiger partial charge in [-0.2, -0.15) is 0 Å². The molecule has 0 spiro atoms. The Kier molecular flexibility index (Phi) is 5.45. The number of amides is 2. The minimum absolute atomic E-state index is 0.0376. The summed E-state index contributed by atoms with van der Waals surface area (Å²) in [6.07, 6.45) is 2.59. The molecule has 2 unspecified atom stereocenters. The number of hydrogen-bond donors (Lipinski definition) is 1. The third-order valence-corrected chi connectivity index (χ3v) is 4.29. The highest BCUT2D eigenvalue weighted by Gasteiger charge is 2.31. The SMILES string of the molecule is CC1CC(C)CN(C(=O)N2CCC(OCC(=O)O)CC2)C1. The smallest absolute Gasteiger partial charge is 0.329 e. The first kappa shape index (κ1) is 16.1. The summed E-state index contributed by atoms with van der Waals surface area (Å²) >= 11 is 0. The summed E-state index contributed by atoms with van der Waals surface area (Å²) in [5.74, 6) is 0.188. The van der Waals surface area contributed by atoms with Crippen molar-refractivity contribution >= 4 is 12.0 Å². The average molecular weight is 298 g/mol. The topological polar surface area (TPSA) is 70.1 Å². The lowest BCUT2D eigenvalue weighted by Crippen LogP contribution is -2.51. The molecule has 2 amide bonds. The largest absolute Gasteiger partial charge is 0.480 e. The minimum atomic E-state index is -0.940. The van der Waals surface area contributed by atoms with Crippen molar-refractivity contribution in [3.8, 4) is 0 Å². The van der Waals surface area contributed by atoms with E-state index in [9.17, 15) is 9.59 Å². The van der Waals surface area contributed by atoms with Gasteiger partial charge in [-0.1, -0.05) is 13.8 Å². The molecule has 6 nitrogen and oxygen atoms in total. The number of carbonyl (C=O) groups is 2. The zero-order valence-corrected chi connectivity index (χ0v) is 13.0. The van der Waals surface area contributed by atoms with Gasteiger partial charge in [0.2, 0.25) is 0 Å². The van der Waals surface area contributed by atoms with E-state index in [2.05, 4.69) is 13.8 Å². The second kappa shape index (κ2) is 7.11. The van der Waals surface area contributed by atoms with Crippen molar-refractivity contribution < 1.29 is 19.4 Å². The predicted octanol–water partition coefficient (Wildman–Crippen LogP) is 1.65. The second-order valence-electron chi connectivity index (χ2n) is 6.52. The maximum atomic E-state index is 12.5. The molecule has 0 radical (unpaired) electrons. The first-order chi connectivity index (χ1) is 9.95. The maximum Gasteiger partial charge on any atom is 0.329 e. The Hall–Kier alpha value is -1.30. The Balaban J connectivity index is 1.78. The van der Waals surface area contributed by atoms with Gasteiger partial charge in [0.15, 0.2) is 0 Å². The summed E-state index contributed by atoms with van der Waals surface area (Å²) in [4.78, 5) is 26.9. The highest BCUT2D eigenvalue weighted by molar-refractivity contribution is 5.74. The first-order valence-electron chi connectivity index (χ1n) is 7.83. The van der Waals surface area contributed by atoms with Crippen LogP contribution < -0.4 is 0 Å². The number of carboxylic acid groups (broad SMARTS) is 1. The number of likely N-dealkylation sites (tertiary alicyclic amines) is 2.